The first-order chi connectivity index (χ1) is 16.5. The topological polar surface area (TPSA) is 75.9 Å². The number of benzene rings is 3. The Balaban J connectivity index is 1.53. The Hall–Kier alpha value is -4.40. The van der Waals surface area contributed by atoms with Crippen LogP contribution in [0.3, 0.4) is 0 Å². The minimum atomic E-state index is -0.775. The number of hydrogen-bond donors (Lipinski definition) is 1. The van der Waals surface area contributed by atoms with Crippen molar-refractivity contribution in [2.75, 3.05) is 16.8 Å². The van der Waals surface area contributed by atoms with E-state index in [4.69, 9.17) is 0 Å². The van der Waals surface area contributed by atoms with E-state index < -0.39 is 17.5 Å². The Morgan fingerprint density at radius 2 is 1.71 bits per heavy atom. The van der Waals surface area contributed by atoms with Crippen molar-refractivity contribution >= 4 is 23.2 Å². The van der Waals surface area contributed by atoms with Gasteiger partial charge >= 0.3 is 0 Å². The van der Waals surface area contributed by atoms with Crippen LogP contribution in [-0.2, 0) is 4.79 Å². The van der Waals surface area contributed by atoms with E-state index in [9.17, 15) is 13.6 Å². The fraction of sp³-hybridized carbons (Fsp3) is 0.120. The molecule has 3 aromatic carbocycles. The number of rotatable bonds is 5. The number of hydrogen-bond acceptors (Lipinski definition) is 5. The molecule has 7 nitrogen and oxygen atoms in total. The third kappa shape index (κ3) is 4.27. The Kier molecular flexibility index (Phi) is 5.59. The second kappa shape index (κ2) is 8.86. The van der Waals surface area contributed by atoms with E-state index in [2.05, 4.69) is 20.8 Å². The molecule has 5 rings (SSSR count). The number of allylic oxidation sites excluding steroid dienone is 1. The molecule has 1 aromatic heterocycles. The molecule has 0 aliphatic carbocycles. The van der Waals surface area contributed by atoms with Crippen molar-refractivity contribution in [2.24, 2.45) is 0 Å². The minimum Gasteiger partial charge on any atom is -0.324 e. The van der Waals surface area contributed by atoms with Crippen LogP contribution in [0.5, 0.6) is 0 Å². The first-order valence-electron chi connectivity index (χ1n) is 10.6. The zero-order valence-corrected chi connectivity index (χ0v) is 18.2. The monoisotopic (exact) mass is 458 g/mol. The van der Waals surface area contributed by atoms with Crippen LogP contribution in [0.1, 0.15) is 22.7 Å². The lowest BCUT2D eigenvalue weighted by atomic mass is 10.00. The largest absolute Gasteiger partial charge is 0.324 e. The van der Waals surface area contributed by atoms with Gasteiger partial charge in [-0.15, -0.1) is 0 Å². The van der Waals surface area contributed by atoms with Gasteiger partial charge in [0.25, 0.3) is 5.95 Å². The van der Waals surface area contributed by atoms with Gasteiger partial charge in [-0.2, -0.15) is 4.68 Å². The summed E-state index contributed by atoms with van der Waals surface area (Å²) in [4.78, 5) is 14.6. The lowest BCUT2D eigenvalue weighted by Gasteiger charge is -2.32. The molecule has 170 valence electrons. The highest BCUT2D eigenvalue weighted by atomic mass is 19.1. The highest BCUT2D eigenvalue weighted by Gasteiger charge is 2.31. The van der Waals surface area contributed by atoms with E-state index in [1.54, 1.807) is 9.58 Å². The zero-order chi connectivity index (χ0) is 23.7. The minimum absolute atomic E-state index is 0.0297. The van der Waals surface area contributed by atoms with Gasteiger partial charge < -0.3 is 5.32 Å². The van der Waals surface area contributed by atoms with E-state index in [0.717, 1.165) is 40.6 Å². The van der Waals surface area contributed by atoms with Gasteiger partial charge in [0.05, 0.1) is 5.70 Å². The number of aromatic nitrogens is 4. The third-order valence-corrected chi connectivity index (χ3v) is 5.52. The van der Waals surface area contributed by atoms with Gasteiger partial charge in [-0.25, -0.2) is 8.78 Å². The molecular formula is C25H20F2N6O. The van der Waals surface area contributed by atoms with Gasteiger partial charge in [0, 0.05) is 11.8 Å². The number of halogens is 2. The molecule has 9 heteroatoms. The summed E-state index contributed by atoms with van der Waals surface area (Å²) in [6.45, 7) is 1.83. The first-order valence-corrected chi connectivity index (χ1v) is 10.6. The molecule has 0 spiro atoms. The van der Waals surface area contributed by atoms with Crippen LogP contribution in [-0.4, -0.2) is 32.7 Å². The summed E-state index contributed by atoms with van der Waals surface area (Å²) in [7, 11) is 0. The molecular weight excluding hydrogens is 438 g/mol. The number of nitrogens with one attached hydrogen (secondary N) is 1. The van der Waals surface area contributed by atoms with Gasteiger partial charge in [0.1, 0.15) is 24.2 Å². The molecule has 4 aromatic rings. The van der Waals surface area contributed by atoms with E-state index in [1.165, 1.54) is 0 Å². The molecule has 1 amide bonds. The fourth-order valence-electron chi connectivity index (χ4n) is 3.95. The quantitative estimate of drug-likeness (QED) is 0.481. The lowest BCUT2D eigenvalue weighted by Crippen LogP contribution is -2.37. The summed E-state index contributed by atoms with van der Waals surface area (Å²) in [6.07, 6.45) is 2.00. The molecule has 0 radical (unpaired) electrons. The SMILES string of the molecule is Cc1ccc(C2=C[C@@H](c3ccccc3)n3nnnc3N2CC(=O)Nc2cc(F)cc(F)c2)cc1. The van der Waals surface area contributed by atoms with Crippen molar-refractivity contribution in [3.05, 3.63) is 107 Å². The number of tetrazole rings is 1. The van der Waals surface area contributed by atoms with Crippen LogP contribution < -0.4 is 10.2 Å². The summed E-state index contributed by atoms with van der Waals surface area (Å²) >= 11 is 0. The molecule has 34 heavy (non-hydrogen) atoms. The predicted octanol–water partition coefficient (Wildman–Crippen LogP) is 4.35. The standard InChI is InChI=1S/C25H20F2N6O/c1-16-7-9-18(10-8-16)22-14-23(17-5-3-2-4-6-17)33-25(29-30-31-33)32(22)15-24(34)28-21-12-19(26)11-20(27)13-21/h2-14,23H,15H2,1H3,(H,28,34)/t23-/m0/s1. The van der Waals surface area contributed by atoms with Gasteiger partial charge in [0.2, 0.25) is 5.91 Å². The van der Waals surface area contributed by atoms with E-state index in [0.29, 0.717) is 5.95 Å². The van der Waals surface area contributed by atoms with Gasteiger partial charge in [-0.1, -0.05) is 65.3 Å². The normalized spacial score (nSPS) is 15.0. The van der Waals surface area contributed by atoms with Gasteiger partial charge in [0.15, 0.2) is 0 Å². The van der Waals surface area contributed by atoms with Crippen molar-refractivity contribution in [2.45, 2.75) is 13.0 Å². The van der Waals surface area contributed by atoms with Crippen LogP contribution in [0.2, 0.25) is 0 Å². The van der Waals surface area contributed by atoms with Gasteiger partial charge in [-0.05, 0) is 46.7 Å². The maximum Gasteiger partial charge on any atom is 0.251 e. The smallest absolute Gasteiger partial charge is 0.251 e. The first kappa shape index (κ1) is 21.4. The van der Waals surface area contributed by atoms with E-state index in [1.807, 2.05) is 67.6 Å². The van der Waals surface area contributed by atoms with E-state index >= 15 is 0 Å². The average Bonchev–Trinajstić information content (AvgIpc) is 3.30. The Labute approximate surface area is 194 Å². The maximum atomic E-state index is 13.6. The number of carbonyl (C=O) groups is 1. The van der Waals surface area contributed by atoms with Crippen molar-refractivity contribution in [3.8, 4) is 0 Å². The molecule has 1 atom stereocenters. The summed E-state index contributed by atoms with van der Waals surface area (Å²) in [5.41, 5.74) is 3.74. The van der Waals surface area contributed by atoms with Crippen LogP contribution in [0, 0.1) is 18.6 Å². The molecule has 0 unspecified atom stereocenters. The molecule has 0 saturated carbocycles. The predicted molar refractivity (Wildman–Crippen MR) is 124 cm³/mol. The zero-order valence-electron chi connectivity index (χ0n) is 18.2. The van der Waals surface area contributed by atoms with Crippen molar-refractivity contribution in [1.82, 2.24) is 20.2 Å². The molecule has 2 heterocycles. The molecule has 0 saturated heterocycles. The summed E-state index contributed by atoms with van der Waals surface area (Å²) in [5, 5.41) is 14.7. The third-order valence-electron chi connectivity index (χ3n) is 5.52. The fourth-order valence-corrected chi connectivity index (χ4v) is 3.95. The Morgan fingerprint density at radius 1 is 1.00 bits per heavy atom. The molecule has 1 N–H and O–H groups in total. The number of amides is 1. The summed E-state index contributed by atoms with van der Waals surface area (Å²) in [5.74, 6) is -1.64. The Morgan fingerprint density at radius 3 is 2.41 bits per heavy atom. The second-order valence-corrected chi connectivity index (χ2v) is 7.99. The maximum absolute atomic E-state index is 13.6. The Bertz CT molecular complexity index is 1350. The number of fused-ring (bicyclic) bond motifs is 1. The van der Waals surface area contributed by atoms with Crippen molar-refractivity contribution in [3.63, 3.8) is 0 Å². The molecule has 1 aliphatic heterocycles. The van der Waals surface area contributed by atoms with Crippen molar-refractivity contribution < 1.29 is 13.6 Å². The molecule has 0 bridgehead atoms. The van der Waals surface area contributed by atoms with Crippen LogP contribution in [0.25, 0.3) is 5.70 Å². The lowest BCUT2D eigenvalue weighted by molar-refractivity contribution is -0.114. The summed E-state index contributed by atoms with van der Waals surface area (Å²) < 4.78 is 28.8. The highest BCUT2D eigenvalue weighted by Crippen LogP contribution is 2.36. The number of nitrogens with zero attached hydrogens (tertiary/aromatic N) is 5. The van der Waals surface area contributed by atoms with Crippen LogP contribution >= 0.6 is 0 Å². The van der Waals surface area contributed by atoms with Crippen LogP contribution in [0.4, 0.5) is 20.4 Å². The second-order valence-electron chi connectivity index (χ2n) is 7.99. The highest BCUT2D eigenvalue weighted by molar-refractivity contribution is 5.97. The average molecular weight is 458 g/mol. The number of carbonyl (C=O) groups excluding carboxylic acids is 1. The van der Waals surface area contributed by atoms with E-state index in [-0.39, 0.29) is 18.3 Å². The summed E-state index contributed by atoms with van der Waals surface area (Å²) in [6, 6.07) is 20.3. The van der Waals surface area contributed by atoms with Crippen LogP contribution in [0.15, 0.2) is 78.9 Å². The number of anilines is 2. The van der Waals surface area contributed by atoms with Gasteiger partial charge in [-0.3, -0.25) is 9.69 Å². The number of aryl methyl sites for hydroxylation is 1. The van der Waals surface area contributed by atoms with Crippen molar-refractivity contribution in [1.29, 1.82) is 0 Å². The molecule has 0 fully saturated rings. The molecule has 1 aliphatic rings.